The Morgan fingerprint density at radius 2 is 1.95 bits per heavy atom. The lowest BCUT2D eigenvalue weighted by atomic mass is 10.0. The maximum absolute atomic E-state index is 13.7. The van der Waals surface area contributed by atoms with E-state index < -0.39 is 0 Å². The van der Waals surface area contributed by atoms with Crippen LogP contribution in [0.25, 0.3) is 10.9 Å². The molecule has 0 aliphatic rings. The van der Waals surface area contributed by atoms with Crippen LogP contribution in [0.15, 0.2) is 48.7 Å². The molecule has 0 fully saturated rings. The van der Waals surface area contributed by atoms with E-state index in [1.54, 1.807) is 30.3 Å². The fraction of sp³-hybridized carbons (Fsp3) is 0.118. The van der Waals surface area contributed by atoms with E-state index in [-0.39, 0.29) is 18.0 Å². The summed E-state index contributed by atoms with van der Waals surface area (Å²) in [4.78, 5) is 20.6. The number of para-hydroxylation sites is 1. The quantitative estimate of drug-likeness (QED) is 0.690. The summed E-state index contributed by atoms with van der Waals surface area (Å²) in [6.07, 6.45) is 1.70. The fourth-order valence-corrected chi connectivity index (χ4v) is 2.31. The first-order valence-corrected chi connectivity index (χ1v) is 6.64. The zero-order valence-electron chi connectivity index (χ0n) is 11.5. The van der Waals surface area contributed by atoms with Crippen LogP contribution in [0.2, 0.25) is 0 Å². The second-order valence-electron chi connectivity index (χ2n) is 4.87. The molecule has 4 heteroatoms. The first-order chi connectivity index (χ1) is 10.1. The van der Waals surface area contributed by atoms with E-state index >= 15 is 0 Å². The minimum atomic E-state index is -0.379. The molecule has 0 atom stereocenters. The van der Waals surface area contributed by atoms with Gasteiger partial charge in [0.25, 0.3) is 0 Å². The van der Waals surface area contributed by atoms with E-state index in [1.165, 1.54) is 12.3 Å². The summed E-state index contributed by atoms with van der Waals surface area (Å²) < 4.78 is 13.7. The van der Waals surface area contributed by atoms with Crippen LogP contribution in [0.5, 0.6) is 0 Å². The second-order valence-corrected chi connectivity index (χ2v) is 4.87. The van der Waals surface area contributed by atoms with Crippen molar-refractivity contribution in [2.24, 2.45) is 0 Å². The molecule has 0 amide bonds. The van der Waals surface area contributed by atoms with Gasteiger partial charge < -0.3 is 0 Å². The summed E-state index contributed by atoms with van der Waals surface area (Å²) in [5.41, 5.74) is 2.27. The predicted molar refractivity (Wildman–Crippen MR) is 78.7 cm³/mol. The van der Waals surface area contributed by atoms with Crippen molar-refractivity contribution in [2.45, 2.75) is 13.3 Å². The van der Waals surface area contributed by atoms with E-state index in [0.717, 1.165) is 11.3 Å². The number of pyridine rings is 2. The molecule has 2 heterocycles. The van der Waals surface area contributed by atoms with Gasteiger partial charge in [0.2, 0.25) is 0 Å². The van der Waals surface area contributed by atoms with Crippen LogP contribution in [-0.2, 0) is 6.42 Å². The lowest BCUT2D eigenvalue weighted by molar-refractivity contribution is 0.0988. The van der Waals surface area contributed by atoms with Crippen molar-refractivity contribution in [2.75, 3.05) is 0 Å². The monoisotopic (exact) mass is 280 g/mol. The van der Waals surface area contributed by atoms with Crippen LogP contribution in [0, 0.1) is 12.7 Å². The molecule has 3 nitrogen and oxygen atoms in total. The van der Waals surface area contributed by atoms with Crippen molar-refractivity contribution in [1.82, 2.24) is 9.97 Å². The molecule has 1 aromatic carbocycles. The maximum atomic E-state index is 13.7. The Hall–Kier alpha value is -2.62. The predicted octanol–water partition coefficient (Wildman–Crippen LogP) is 3.50. The summed E-state index contributed by atoms with van der Waals surface area (Å²) in [7, 11) is 0. The molecule has 0 saturated carbocycles. The normalized spacial score (nSPS) is 10.8. The SMILES string of the molecule is Cc1cccc(C(=O)Cc2ccnc3c(F)cccc23)n1. The van der Waals surface area contributed by atoms with Crippen LogP contribution in [-0.4, -0.2) is 15.8 Å². The molecule has 0 aliphatic heterocycles. The van der Waals surface area contributed by atoms with Crippen LogP contribution >= 0.6 is 0 Å². The molecule has 0 spiro atoms. The number of benzene rings is 1. The van der Waals surface area contributed by atoms with Crippen LogP contribution in [0.4, 0.5) is 4.39 Å². The zero-order chi connectivity index (χ0) is 14.8. The number of Topliss-reactive ketones (excluding diaryl/α,β-unsaturated/α-hetero) is 1. The van der Waals surface area contributed by atoms with Crippen molar-refractivity contribution in [3.8, 4) is 0 Å². The summed E-state index contributed by atoms with van der Waals surface area (Å²) in [6.45, 7) is 1.84. The number of nitrogens with zero attached hydrogens (tertiary/aromatic N) is 2. The van der Waals surface area contributed by atoms with Gasteiger partial charge in [-0.05, 0) is 36.8 Å². The van der Waals surface area contributed by atoms with Gasteiger partial charge in [0, 0.05) is 23.7 Å². The summed E-state index contributed by atoms with van der Waals surface area (Å²) in [5, 5.41) is 0.665. The van der Waals surface area contributed by atoms with E-state index in [0.29, 0.717) is 16.6 Å². The number of halogens is 1. The van der Waals surface area contributed by atoms with E-state index in [9.17, 15) is 9.18 Å². The highest BCUT2D eigenvalue weighted by molar-refractivity contribution is 5.98. The highest BCUT2D eigenvalue weighted by Crippen LogP contribution is 2.20. The number of aryl methyl sites for hydroxylation is 1. The van der Waals surface area contributed by atoms with Crippen LogP contribution in [0.3, 0.4) is 0 Å². The molecular weight excluding hydrogens is 267 g/mol. The second kappa shape index (κ2) is 5.40. The number of fused-ring (bicyclic) bond motifs is 1. The van der Waals surface area contributed by atoms with Crippen molar-refractivity contribution < 1.29 is 9.18 Å². The standard InChI is InChI=1S/C17H13FN2O/c1-11-4-2-7-15(20-11)16(21)10-12-8-9-19-17-13(12)5-3-6-14(17)18/h2-9H,10H2,1H3. The third-order valence-corrected chi connectivity index (χ3v) is 3.34. The number of carbonyl (C=O) groups excluding carboxylic acids is 1. The molecule has 0 N–H and O–H groups in total. The Balaban J connectivity index is 1.99. The van der Waals surface area contributed by atoms with Gasteiger partial charge in [-0.3, -0.25) is 14.8 Å². The van der Waals surface area contributed by atoms with Crippen molar-refractivity contribution in [3.63, 3.8) is 0 Å². The van der Waals surface area contributed by atoms with E-state index in [4.69, 9.17) is 0 Å². The van der Waals surface area contributed by atoms with Crippen molar-refractivity contribution in [1.29, 1.82) is 0 Å². The minimum absolute atomic E-state index is 0.0875. The molecule has 2 aromatic heterocycles. The average molecular weight is 280 g/mol. The Bertz CT molecular complexity index is 830. The van der Waals surface area contributed by atoms with Gasteiger partial charge in [-0.2, -0.15) is 0 Å². The number of rotatable bonds is 3. The molecule has 104 valence electrons. The summed E-state index contributed by atoms with van der Waals surface area (Å²) in [6, 6.07) is 11.8. The smallest absolute Gasteiger partial charge is 0.185 e. The van der Waals surface area contributed by atoms with Gasteiger partial charge in [-0.15, -0.1) is 0 Å². The number of ketones is 1. The molecule has 3 aromatic rings. The van der Waals surface area contributed by atoms with E-state index in [1.807, 2.05) is 13.0 Å². The first kappa shape index (κ1) is 13.4. The molecular formula is C17H13FN2O. The molecule has 3 rings (SSSR count). The Morgan fingerprint density at radius 1 is 1.14 bits per heavy atom. The summed E-state index contributed by atoms with van der Waals surface area (Å²) >= 11 is 0. The van der Waals surface area contributed by atoms with Crippen LogP contribution < -0.4 is 0 Å². The van der Waals surface area contributed by atoms with Gasteiger partial charge in [0.1, 0.15) is 17.0 Å². The van der Waals surface area contributed by atoms with Gasteiger partial charge in [0.05, 0.1) is 0 Å². The fourth-order valence-electron chi connectivity index (χ4n) is 2.31. The lowest BCUT2D eigenvalue weighted by Crippen LogP contribution is -2.07. The first-order valence-electron chi connectivity index (χ1n) is 6.64. The van der Waals surface area contributed by atoms with Gasteiger partial charge in [0.15, 0.2) is 5.78 Å². The summed E-state index contributed by atoms with van der Waals surface area (Å²) in [5.74, 6) is -0.467. The molecule has 0 radical (unpaired) electrons. The largest absolute Gasteiger partial charge is 0.292 e. The lowest BCUT2D eigenvalue weighted by Gasteiger charge is -2.06. The zero-order valence-corrected chi connectivity index (χ0v) is 11.5. The topological polar surface area (TPSA) is 42.9 Å². The van der Waals surface area contributed by atoms with Gasteiger partial charge >= 0.3 is 0 Å². The molecule has 0 aliphatic carbocycles. The Kier molecular flexibility index (Phi) is 3.44. The average Bonchev–Trinajstić information content (AvgIpc) is 2.48. The molecule has 0 saturated heterocycles. The van der Waals surface area contributed by atoms with Gasteiger partial charge in [-0.25, -0.2) is 4.39 Å². The number of carbonyl (C=O) groups is 1. The van der Waals surface area contributed by atoms with Crippen molar-refractivity contribution >= 4 is 16.7 Å². The Labute approximate surface area is 121 Å². The highest BCUT2D eigenvalue weighted by Gasteiger charge is 2.12. The number of hydrogen-bond donors (Lipinski definition) is 0. The van der Waals surface area contributed by atoms with Gasteiger partial charge in [-0.1, -0.05) is 18.2 Å². The maximum Gasteiger partial charge on any atom is 0.185 e. The third-order valence-electron chi connectivity index (χ3n) is 3.34. The minimum Gasteiger partial charge on any atom is -0.292 e. The number of aromatic nitrogens is 2. The number of hydrogen-bond acceptors (Lipinski definition) is 3. The Morgan fingerprint density at radius 3 is 2.76 bits per heavy atom. The molecule has 21 heavy (non-hydrogen) atoms. The highest BCUT2D eigenvalue weighted by atomic mass is 19.1. The molecule has 0 unspecified atom stereocenters. The third kappa shape index (κ3) is 2.65. The van der Waals surface area contributed by atoms with E-state index in [2.05, 4.69) is 9.97 Å². The van der Waals surface area contributed by atoms with Crippen molar-refractivity contribution in [3.05, 3.63) is 71.4 Å². The van der Waals surface area contributed by atoms with Crippen LogP contribution in [0.1, 0.15) is 21.7 Å². The molecule has 0 bridgehead atoms.